The Morgan fingerprint density at radius 2 is 1.90 bits per heavy atom. The van der Waals surface area contributed by atoms with E-state index in [2.05, 4.69) is 27.7 Å². The predicted molar refractivity (Wildman–Crippen MR) is 86.2 cm³/mol. The highest BCUT2D eigenvalue weighted by Crippen LogP contribution is 2.17. The van der Waals surface area contributed by atoms with Gasteiger partial charge in [0.2, 0.25) is 0 Å². The molecule has 20 heavy (non-hydrogen) atoms. The lowest BCUT2D eigenvalue weighted by atomic mass is 10.0. The van der Waals surface area contributed by atoms with Gasteiger partial charge in [0, 0.05) is 24.0 Å². The van der Waals surface area contributed by atoms with E-state index in [0.717, 1.165) is 30.5 Å². The number of carbonyl (C=O) groups is 1. The van der Waals surface area contributed by atoms with Crippen molar-refractivity contribution < 1.29 is 4.79 Å². The Morgan fingerprint density at radius 3 is 2.40 bits per heavy atom. The number of alkyl halides is 1. The largest absolute Gasteiger partial charge is 0.335 e. The van der Waals surface area contributed by atoms with Gasteiger partial charge in [-0.1, -0.05) is 39.8 Å². The van der Waals surface area contributed by atoms with E-state index in [1.807, 2.05) is 29.2 Å². The quantitative estimate of drug-likeness (QED) is 0.667. The molecule has 0 fully saturated rings. The number of halogens is 1. The van der Waals surface area contributed by atoms with Crippen molar-refractivity contribution in [3.8, 4) is 0 Å². The van der Waals surface area contributed by atoms with E-state index in [9.17, 15) is 4.79 Å². The zero-order valence-corrected chi connectivity index (χ0v) is 13.8. The smallest absolute Gasteiger partial charge is 0.254 e. The minimum absolute atomic E-state index is 0.124. The maximum Gasteiger partial charge on any atom is 0.254 e. The molecule has 0 aromatic heterocycles. The van der Waals surface area contributed by atoms with Crippen LogP contribution in [0.5, 0.6) is 0 Å². The third kappa shape index (κ3) is 4.52. The number of nitrogens with zero attached hydrogens (tertiary/aromatic N) is 1. The zero-order chi connectivity index (χ0) is 15.1. The minimum Gasteiger partial charge on any atom is -0.335 e. The van der Waals surface area contributed by atoms with E-state index in [-0.39, 0.29) is 5.91 Å². The van der Waals surface area contributed by atoms with Crippen LogP contribution in [0, 0.1) is 5.92 Å². The molecule has 0 saturated carbocycles. The Balaban J connectivity index is 3.02. The lowest BCUT2D eigenvalue weighted by Crippen LogP contribution is -2.42. The van der Waals surface area contributed by atoms with Crippen LogP contribution in [0.25, 0.3) is 0 Å². The van der Waals surface area contributed by atoms with Crippen LogP contribution < -0.4 is 0 Å². The number of rotatable bonds is 7. The lowest BCUT2D eigenvalue weighted by Gasteiger charge is -2.32. The van der Waals surface area contributed by atoms with Crippen molar-refractivity contribution in [2.24, 2.45) is 5.92 Å². The molecule has 0 aliphatic rings. The zero-order valence-electron chi connectivity index (χ0n) is 13.0. The first-order valence-corrected chi connectivity index (χ1v) is 8.02. The van der Waals surface area contributed by atoms with Gasteiger partial charge in [0.1, 0.15) is 0 Å². The highest BCUT2D eigenvalue weighted by molar-refractivity contribution is 6.17. The first kappa shape index (κ1) is 17.0. The van der Waals surface area contributed by atoms with E-state index in [4.69, 9.17) is 11.6 Å². The Kier molecular flexibility index (Phi) is 7.08. The molecule has 0 N–H and O–H groups in total. The highest BCUT2D eigenvalue weighted by atomic mass is 35.5. The van der Waals surface area contributed by atoms with Gasteiger partial charge in [-0.2, -0.15) is 0 Å². The first-order chi connectivity index (χ1) is 9.53. The summed E-state index contributed by atoms with van der Waals surface area (Å²) in [5.41, 5.74) is 1.74. The summed E-state index contributed by atoms with van der Waals surface area (Å²) in [5, 5.41) is 0. The van der Waals surface area contributed by atoms with Crippen molar-refractivity contribution in [2.75, 3.05) is 6.54 Å². The molecule has 0 saturated heterocycles. The molecule has 0 heterocycles. The molecule has 1 aromatic carbocycles. The van der Waals surface area contributed by atoms with Crippen molar-refractivity contribution in [3.05, 3.63) is 35.4 Å². The van der Waals surface area contributed by atoms with E-state index in [1.165, 1.54) is 0 Å². The Morgan fingerprint density at radius 1 is 1.25 bits per heavy atom. The average Bonchev–Trinajstić information content (AvgIpc) is 2.46. The maximum atomic E-state index is 12.8. The number of carbonyl (C=O) groups excluding carboxylic acids is 1. The topological polar surface area (TPSA) is 20.3 Å². The summed E-state index contributed by atoms with van der Waals surface area (Å²) in [4.78, 5) is 14.8. The van der Waals surface area contributed by atoms with Crippen LogP contribution in [-0.2, 0) is 5.88 Å². The Bertz CT molecular complexity index is 427. The fourth-order valence-electron chi connectivity index (χ4n) is 2.47. The van der Waals surface area contributed by atoms with Crippen LogP contribution in [0.4, 0.5) is 0 Å². The van der Waals surface area contributed by atoms with Crippen molar-refractivity contribution in [1.29, 1.82) is 0 Å². The molecule has 2 nitrogen and oxygen atoms in total. The van der Waals surface area contributed by atoms with Crippen molar-refractivity contribution in [1.82, 2.24) is 4.90 Å². The van der Waals surface area contributed by atoms with Gasteiger partial charge in [-0.15, -0.1) is 11.6 Å². The molecule has 1 amide bonds. The van der Waals surface area contributed by atoms with Crippen molar-refractivity contribution in [2.45, 2.75) is 52.5 Å². The van der Waals surface area contributed by atoms with E-state index >= 15 is 0 Å². The second kappa shape index (κ2) is 8.31. The second-order valence-electron chi connectivity index (χ2n) is 5.66. The number of amides is 1. The van der Waals surface area contributed by atoms with Crippen molar-refractivity contribution >= 4 is 17.5 Å². The fourth-order valence-corrected chi connectivity index (χ4v) is 2.64. The monoisotopic (exact) mass is 295 g/mol. The second-order valence-corrected chi connectivity index (χ2v) is 5.92. The molecule has 1 rings (SSSR count). The van der Waals surface area contributed by atoms with Gasteiger partial charge in [-0.3, -0.25) is 4.79 Å². The van der Waals surface area contributed by atoms with Gasteiger partial charge < -0.3 is 4.90 Å². The maximum absolute atomic E-state index is 12.8. The predicted octanol–water partition coefficient (Wildman–Crippen LogP) is 4.71. The van der Waals surface area contributed by atoms with Gasteiger partial charge >= 0.3 is 0 Å². The Labute approximate surface area is 128 Å². The van der Waals surface area contributed by atoms with Crippen LogP contribution in [0.3, 0.4) is 0 Å². The molecular weight excluding hydrogens is 270 g/mol. The average molecular weight is 296 g/mol. The summed E-state index contributed by atoms with van der Waals surface area (Å²) in [5.74, 6) is 1.03. The summed E-state index contributed by atoms with van der Waals surface area (Å²) in [6.07, 6.45) is 1.98. The Hall–Kier alpha value is -1.02. The first-order valence-electron chi connectivity index (χ1n) is 7.49. The van der Waals surface area contributed by atoms with Crippen molar-refractivity contribution in [3.63, 3.8) is 0 Å². The molecule has 0 aliphatic carbocycles. The van der Waals surface area contributed by atoms with Gasteiger partial charge in [0.15, 0.2) is 0 Å². The van der Waals surface area contributed by atoms with E-state index in [1.54, 1.807) is 0 Å². The summed E-state index contributed by atoms with van der Waals surface area (Å²) in [6.45, 7) is 9.39. The van der Waals surface area contributed by atoms with Crippen LogP contribution >= 0.6 is 11.6 Å². The van der Waals surface area contributed by atoms with Crippen LogP contribution in [0.1, 0.15) is 56.5 Å². The van der Waals surface area contributed by atoms with Gasteiger partial charge in [0.25, 0.3) is 5.91 Å². The summed E-state index contributed by atoms with van der Waals surface area (Å²) in [6, 6.07) is 7.96. The molecule has 0 bridgehead atoms. The van der Waals surface area contributed by atoms with Crippen LogP contribution in [0.2, 0.25) is 0 Å². The molecule has 0 radical (unpaired) electrons. The summed E-state index contributed by atoms with van der Waals surface area (Å²) >= 11 is 5.86. The number of benzene rings is 1. The highest BCUT2D eigenvalue weighted by Gasteiger charge is 2.23. The van der Waals surface area contributed by atoms with Crippen LogP contribution in [-0.4, -0.2) is 23.4 Å². The summed E-state index contributed by atoms with van der Waals surface area (Å²) < 4.78 is 0. The molecule has 3 heteroatoms. The number of hydrogen-bond donors (Lipinski definition) is 0. The molecular formula is C17H26ClNO. The fraction of sp³-hybridized carbons (Fsp3) is 0.588. The molecule has 112 valence electrons. The molecule has 0 unspecified atom stereocenters. The van der Waals surface area contributed by atoms with Gasteiger partial charge in [-0.05, 0) is 36.5 Å². The third-order valence-corrected chi connectivity index (χ3v) is 3.84. The van der Waals surface area contributed by atoms with E-state index < -0.39 is 0 Å². The number of hydrogen-bond acceptors (Lipinski definition) is 1. The molecule has 0 aliphatic heterocycles. The summed E-state index contributed by atoms with van der Waals surface area (Å²) in [7, 11) is 0. The standard InChI is InChI=1S/C17H26ClNO/c1-5-16(6-2)19(12-13(3)4)17(20)15-9-7-8-14(10-15)11-18/h7-10,13,16H,5-6,11-12H2,1-4H3. The lowest BCUT2D eigenvalue weighted by molar-refractivity contribution is 0.0640. The minimum atomic E-state index is 0.124. The third-order valence-electron chi connectivity index (χ3n) is 3.53. The normalized spacial score (nSPS) is 11.2. The molecule has 1 aromatic rings. The molecule has 0 spiro atoms. The van der Waals surface area contributed by atoms with E-state index in [0.29, 0.717) is 17.8 Å². The molecule has 0 atom stereocenters. The van der Waals surface area contributed by atoms with Gasteiger partial charge in [0.05, 0.1) is 0 Å². The SMILES string of the molecule is CCC(CC)N(CC(C)C)C(=O)c1cccc(CCl)c1. The van der Waals surface area contributed by atoms with Crippen LogP contribution in [0.15, 0.2) is 24.3 Å². The van der Waals surface area contributed by atoms with Gasteiger partial charge in [-0.25, -0.2) is 0 Å².